The summed E-state index contributed by atoms with van der Waals surface area (Å²) in [5.74, 6) is 0.595. The molecule has 1 saturated heterocycles. The summed E-state index contributed by atoms with van der Waals surface area (Å²) in [7, 11) is 0. The van der Waals surface area contributed by atoms with Crippen molar-refractivity contribution < 1.29 is 13.7 Å². The summed E-state index contributed by atoms with van der Waals surface area (Å²) in [6, 6.07) is 4.19. The number of carbonyl (C=O) groups excluding carboxylic acids is 1. The molecule has 1 aromatic heterocycles. The fraction of sp³-hybridized carbons (Fsp3) is 0.471. The number of benzene rings is 1. The van der Waals surface area contributed by atoms with Crippen LogP contribution in [0, 0.1) is 5.82 Å². The molecule has 24 heavy (non-hydrogen) atoms. The molecule has 1 aliphatic rings. The van der Waals surface area contributed by atoms with E-state index < -0.39 is 5.82 Å². The minimum Gasteiger partial charge on any atom is -0.339 e. The van der Waals surface area contributed by atoms with Gasteiger partial charge in [0.2, 0.25) is 11.8 Å². The van der Waals surface area contributed by atoms with Gasteiger partial charge in [0.1, 0.15) is 5.82 Å². The average molecular weight is 352 g/mol. The molecule has 2 aromatic rings. The summed E-state index contributed by atoms with van der Waals surface area (Å²) in [5, 5.41) is 4.33. The molecule has 0 aliphatic carbocycles. The molecule has 0 saturated carbocycles. The number of carbonyl (C=O) groups is 1. The Bertz CT molecular complexity index is 769. The maximum atomic E-state index is 13.1. The highest BCUT2D eigenvalue weighted by molar-refractivity contribution is 6.31. The fourth-order valence-corrected chi connectivity index (χ4v) is 2.88. The van der Waals surface area contributed by atoms with Crippen molar-refractivity contribution in [2.75, 3.05) is 6.54 Å². The Kier molecular flexibility index (Phi) is 4.34. The molecule has 1 amide bonds. The van der Waals surface area contributed by atoms with Crippen LogP contribution in [0.15, 0.2) is 22.7 Å². The summed E-state index contributed by atoms with van der Waals surface area (Å²) >= 11 is 6.04. The van der Waals surface area contributed by atoms with Crippen molar-refractivity contribution in [1.82, 2.24) is 15.0 Å². The second kappa shape index (κ2) is 6.16. The Morgan fingerprint density at radius 2 is 2.17 bits per heavy atom. The van der Waals surface area contributed by atoms with Gasteiger partial charge >= 0.3 is 0 Å². The van der Waals surface area contributed by atoms with Gasteiger partial charge in [-0.3, -0.25) is 4.79 Å². The van der Waals surface area contributed by atoms with Crippen molar-refractivity contribution in [3.8, 4) is 0 Å². The van der Waals surface area contributed by atoms with Gasteiger partial charge in [-0.1, -0.05) is 43.6 Å². The van der Waals surface area contributed by atoms with E-state index in [9.17, 15) is 9.18 Å². The number of hydrogen-bond donors (Lipinski definition) is 0. The van der Waals surface area contributed by atoms with Crippen molar-refractivity contribution in [2.45, 2.75) is 45.1 Å². The van der Waals surface area contributed by atoms with Gasteiger partial charge in [-0.05, 0) is 17.7 Å². The second-order valence-electron chi connectivity index (χ2n) is 7.12. The summed E-state index contributed by atoms with van der Waals surface area (Å²) in [6.45, 7) is 6.84. The monoisotopic (exact) mass is 351 g/mol. The molecule has 5 nitrogen and oxygen atoms in total. The Balaban J connectivity index is 1.73. The van der Waals surface area contributed by atoms with Gasteiger partial charge in [0, 0.05) is 29.9 Å². The third kappa shape index (κ3) is 3.43. The summed E-state index contributed by atoms with van der Waals surface area (Å²) in [5.41, 5.74) is 0.513. The van der Waals surface area contributed by atoms with E-state index >= 15 is 0 Å². The summed E-state index contributed by atoms with van der Waals surface area (Å²) < 4.78 is 18.5. The van der Waals surface area contributed by atoms with Gasteiger partial charge < -0.3 is 9.42 Å². The molecular weight excluding hydrogens is 333 g/mol. The average Bonchev–Trinajstić information content (AvgIpc) is 3.09. The largest absolute Gasteiger partial charge is 0.339 e. The number of likely N-dealkylation sites (tertiary alicyclic amines) is 1. The fourth-order valence-electron chi connectivity index (χ4n) is 2.65. The number of hydrogen-bond acceptors (Lipinski definition) is 4. The maximum Gasteiger partial charge on any atom is 0.232 e. The van der Waals surface area contributed by atoms with Crippen LogP contribution in [0.2, 0.25) is 5.02 Å². The Labute approximate surface area is 144 Å². The first-order valence-electron chi connectivity index (χ1n) is 7.80. The lowest BCUT2D eigenvalue weighted by atomic mass is 9.96. The standard InChI is InChI=1S/C17H19ClFN3O2/c1-17(2,3)16-20-15(24-21-16)11-6-14(23)22(9-11)8-10-4-5-12(19)7-13(10)18/h4-5,7,11H,6,8-9H2,1-3H3. The number of amides is 1. The molecule has 0 spiro atoms. The molecule has 0 N–H and O–H groups in total. The molecular formula is C17H19ClFN3O2. The van der Waals surface area contributed by atoms with Crippen LogP contribution >= 0.6 is 11.6 Å². The first kappa shape index (κ1) is 16.9. The molecule has 128 valence electrons. The maximum absolute atomic E-state index is 13.1. The highest BCUT2D eigenvalue weighted by Crippen LogP contribution is 2.31. The first-order valence-corrected chi connectivity index (χ1v) is 8.17. The van der Waals surface area contributed by atoms with Crippen LogP contribution in [0.4, 0.5) is 4.39 Å². The molecule has 1 aromatic carbocycles. The van der Waals surface area contributed by atoms with Gasteiger partial charge in [0.25, 0.3) is 0 Å². The Hall–Kier alpha value is -1.95. The van der Waals surface area contributed by atoms with Crippen LogP contribution in [0.5, 0.6) is 0 Å². The first-order chi connectivity index (χ1) is 11.2. The summed E-state index contributed by atoms with van der Waals surface area (Å²) in [4.78, 5) is 18.4. The van der Waals surface area contributed by atoms with E-state index in [4.69, 9.17) is 16.1 Å². The van der Waals surface area contributed by atoms with Crippen LogP contribution in [-0.4, -0.2) is 27.5 Å². The zero-order chi connectivity index (χ0) is 17.5. The van der Waals surface area contributed by atoms with Gasteiger partial charge in [-0.15, -0.1) is 0 Å². The van der Waals surface area contributed by atoms with Gasteiger partial charge in [-0.25, -0.2) is 4.39 Å². The minimum atomic E-state index is -0.394. The molecule has 0 radical (unpaired) electrons. The number of nitrogens with zero attached hydrogens (tertiary/aromatic N) is 3. The molecule has 7 heteroatoms. The minimum absolute atomic E-state index is 0.00380. The third-order valence-electron chi connectivity index (χ3n) is 4.05. The zero-order valence-electron chi connectivity index (χ0n) is 13.8. The number of rotatable bonds is 3. The van der Waals surface area contributed by atoms with Crippen LogP contribution in [0.3, 0.4) is 0 Å². The lowest BCUT2D eigenvalue weighted by Gasteiger charge is -2.17. The molecule has 3 rings (SSSR count). The third-order valence-corrected chi connectivity index (χ3v) is 4.40. The SMILES string of the molecule is CC(C)(C)c1noc(C2CC(=O)N(Cc3ccc(F)cc3Cl)C2)n1. The zero-order valence-corrected chi connectivity index (χ0v) is 14.6. The van der Waals surface area contributed by atoms with Crippen molar-refractivity contribution in [3.05, 3.63) is 46.3 Å². The van der Waals surface area contributed by atoms with Gasteiger partial charge in [0.15, 0.2) is 5.82 Å². The van der Waals surface area contributed by atoms with Gasteiger partial charge in [-0.2, -0.15) is 4.98 Å². The van der Waals surface area contributed by atoms with E-state index in [-0.39, 0.29) is 17.2 Å². The number of halogens is 2. The Morgan fingerprint density at radius 3 is 2.79 bits per heavy atom. The second-order valence-corrected chi connectivity index (χ2v) is 7.52. The lowest BCUT2D eigenvalue weighted by Crippen LogP contribution is -2.24. The van der Waals surface area contributed by atoms with Gasteiger partial charge in [0.05, 0.1) is 5.92 Å². The van der Waals surface area contributed by atoms with E-state index in [0.29, 0.717) is 41.8 Å². The van der Waals surface area contributed by atoms with Crippen LogP contribution in [0.1, 0.15) is 50.4 Å². The molecule has 1 unspecified atom stereocenters. The Morgan fingerprint density at radius 1 is 1.42 bits per heavy atom. The van der Waals surface area contributed by atoms with E-state index in [1.54, 1.807) is 11.0 Å². The lowest BCUT2D eigenvalue weighted by molar-refractivity contribution is -0.128. The van der Waals surface area contributed by atoms with Crippen LogP contribution in [-0.2, 0) is 16.8 Å². The highest BCUT2D eigenvalue weighted by Gasteiger charge is 2.35. The van der Waals surface area contributed by atoms with Crippen molar-refractivity contribution in [3.63, 3.8) is 0 Å². The predicted octanol–water partition coefficient (Wildman–Crippen LogP) is 3.68. The van der Waals surface area contributed by atoms with E-state index in [1.807, 2.05) is 20.8 Å². The van der Waals surface area contributed by atoms with Crippen molar-refractivity contribution in [1.29, 1.82) is 0 Å². The molecule has 1 fully saturated rings. The molecule has 1 atom stereocenters. The highest BCUT2D eigenvalue weighted by atomic mass is 35.5. The normalized spacial score (nSPS) is 18.5. The predicted molar refractivity (Wildman–Crippen MR) is 87.2 cm³/mol. The topological polar surface area (TPSA) is 59.2 Å². The van der Waals surface area contributed by atoms with E-state index in [0.717, 1.165) is 0 Å². The van der Waals surface area contributed by atoms with Crippen LogP contribution in [0.25, 0.3) is 0 Å². The number of aromatic nitrogens is 2. The quantitative estimate of drug-likeness (QED) is 0.846. The molecule has 0 bridgehead atoms. The molecule has 2 heterocycles. The summed E-state index contributed by atoms with van der Waals surface area (Å²) in [6.07, 6.45) is 0.324. The smallest absolute Gasteiger partial charge is 0.232 e. The van der Waals surface area contributed by atoms with Crippen molar-refractivity contribution in [2.24, 2.45) is 0 Å². The van der Waals surface area contributed by atoms with E-state index in [1.165, 1.54) is 12.1 Å². The van der Waals surface area contributed by atoms with Crippen LogP contribution < -0.4 is 0 Å². The molecule has 1 aliphatic heterocycles. The van der Waals surface area contributed by atoms with E-state index in [2.05, 4.69) is 10.1 Å². The van der Waals surface area contributed by atoms with Crippen molar-refractivity contribution >= 4 is 17.5 Å².